The summed E-state index contributed by atoms with van der Waals surface area (Å²) in [5, 5.41) is 19.0. The molecule has 3 aromatic rings. The number of rotatable bonds is 3. The van der Waals surface area contributed by atoms with E-state index in [0.717, 1.165) is 19.0 Å². The molecule has 32 heavy (non-hydrogen) atoms. The summed E-state index contributed by atoms with van der Waals surface area (Å²) in [4.78, 5) is 33.0. The van der Waals surface area contributed by atoms with Crippen molar-refractivity contribution in [2.45, 2.75) is 12.5 Å². The van der Waals surface area contributed by atoms with Gasteiger partial charge in [0.1, 0.15) is 11.3 Å². The topological polar surface area (TPSA) is 98.9 Å². The molecule has 2 aliphatic rings. The Morgan fingerprint density at radius 1 is 1.22 bits per heavy atom. The number of pyridine rings is 2. The van der Waals surface area contributed by atoms with Gasteiger partial charge in [-0.3, -0.25) is 4.79 Å². The number of aromatic carboxylic acids is 1. The van der Waals surface area contributed by atoms with Crippen LogP contribution in [-0.2, 0) is 0 Å². The second-order valence-electron chi connectivity index (χ2n) is 8.23. The van der Waals surface area contributed by atoms with E-state index in [1.807, 2.05) is 4.90 Å². The lowest BCUT2D eigenvalue weighted by atomic mass is 10.1. The number of likely N-dealkylation sites (N-methyl/N-ethyl adjacent to an activating group) is 1. The number of anilines is 1. The fourth-order valence-corrected chi connectivity index (χ4v) is 4.74. The highest BCUT2D eigenvalue weighted by Gasteiger charge is 2.40. The van der Waals surface area contributed by atoms with E-state index >= 15 is 4.39 Å². The number of carboxylic acids is 1. The number of hydrogen-bond acceptors (Lipinski definition) is 6. The van der Waals surface area contributed by atoms with Gasteiger partial charge in [0.15, 0.2) is 17.3 Å². The van der Waals surface area contributed by atoms with Crippen LogP contribution in [0.4, 0.5) is 10.2 Å². The standard InChI is InChI=1S/C22H21FN4O4.ClH/c1-25-7-6-12-9-26(11-18(12)25)21-17(23)8-15-19(29)16(22(30)31)10-27(20(15)24-21)13-2-4-14(28)5-3-13;/h2-5,8,10,12,18,28H,6-7,9,11H2,1H3,(H,30,31);1H. The molecule has 0 saturated carbocycles. The van der Waals surface area contributed by atoms with Crippen LogP contribution in [0.3, 0.4) is 0 Å². The summed E-state index contributed by atoms with van der Waals surface area (Å²) in [5.74, 6) is -1.41. The van der Waals surface area contributed by atoms with E-state index < -0.39 is 22.8 Å². The van der Waals surface area contributed by atoms with Gasteiger partial charge in [-0.2, -0.15) is 0 Å². The van der Waals surface area contributed by atoms with Crippen molar-refractivity contribution in [2.24, 2.45) is 5.92 Å². The van der Waals surface area contributed by atoms with Crippen LogP contribution in [0.5, 0.6) is 5.75 Å². The molecular weight excluding hydrogens is 439 g/mol. The average molecular weight is 461 g/mol. The first kappa shape index (κ1) is 22.0. The Labute approximate surface area is 188 Å². The zero-order valence-corrected chi connectivity index (χ0v) is 18.0. The number of nitrogens with zero attached hydrogens (tertiary/aromatic N) is 4. The van der Waals surface area contributed by atoms with Crippen molar-refractivity contribution in [3.05, 3.63) is 58.1 Å². The monoisotopic (exact) mass is 460 g/mol. The van der Waals surface area contributed by atoms with Crippen LogP contribution in [0.25, 0.3) is 16.7 Å². The Morgan fingerprint density at radius 3 is 2.59 bits per heavy atom. The SMILES string of the molecule is CN1CCC2CN(c3nc4c(cc3F)c(=O)c(C(=O)O)cn4-c3ccc(O)cc3)CC21.Cl. The van der Waals surface area contributed by atoms with Crippen molar-refractivity contribution in [1.29, 1.82) is 0 Å². The molecule has 168 valence electrons. The van der Waals surface area contributed by atoms with E-state index in [9.17, 15) is 19.8 Å². The third-order valence-electron chi connectivity index (χ3n) is 6.40. The minimum Gasteiger partial charge on any atom is -0.508 e. The van der Waals surface area contributed by atoms with Crippen molar-refractivity contribution in [2.75, 3.05) is 31.6 Å². The summed E-state index contributed by atoms with van der Waals surface area (Å²) >= 11 is 0. The van der Waals surface area contributed by atoms with Gasteiger partial charge in [0.25, 0.3) is 0 Å². The summed E-state index contributed by atoms with van der Waals surface area (Å²) in [7, 11) is 2.06. The molecule has 0 spiro atoms. The third kappa shape index (κ3) is 3.47. The lowest BCUT2D eigenvalue weighted by molar-refractivity contribution is 0.0695. The first-order chi connectivity index (χ1) is 14.8. The van der Waals surface area contributed by atoms with Gasteiger partial charge < -0.3 is 24.6 Å². The van der Waals surface area contributed by atoms with Gasteiger partial charge >= 0.3 is 5.97 Å². The summed E-state index contributed by atoms with van der Waals surface area (Å²) < 4.78 is 16.5. The van der Waals surface area contributed by atoms with Crippen molar-refractivity contribution < 1.29 is 19.4 Å². The Morgan fingerprint density at radius 2 is 1.94 bits per heavy atom. The molecule has 0 amide bonds. The third-order valence-corrected chi connectivity index (χ3v) is 6.40. The van der Waals surface area contributed by atoms with E-state index in [0.29, 0.717) is 30.7 Å². The first-order valence-corrected chi connectivity index (χ1v) is 10.1. The number of phenolic OH excluding ortho intramolecular Hbond substituents is 1. The number of halogens is 2. The van der Waals surface area contributed by atoms with Gasteiger partial charge in [-0.15, -0.1) is 12.4 Å². The second kappa shape index (κ2) is 8.07. The molecule has 2 aromatic heterocycles. The number of aromatic nitrogens is 2. The lowest BCUT2D eigenvalue weighted by Crippen LogP contribution is -2.32. The van der Waals surface area contributed by atoms with E-state index in [1.165, 1.54) is 22.9 Å². The Hall–Kier alpha value is -3.17. The second-order valence-corrected chi connectivity index (χ2v) is 8.23. The molecule has 0 bridgehead atoms. The molecule has 0 aliphatic carbocycles. The predicted octanol–water partition coefficient (Wildman–Crippen LogP) is 2.49. The van der Waals surface area contributed by atoms with Gasteiger partial charge in [-0.05, 0) is 56.3 Å². The van der Waals surface area contributed by atoms with Crippen LogP contribution in [0.15, 0.2) is 41.3 Å². The average Bonchev–Trinajstić information content (AvgIpc) is 3.31. The van der Waals surface area contributed by atoms with E-state index in [4.69, 9.17) is 0 Å². The molecule has 5 rings (SSSR count). The maximum atomic E-state index is 15.1. The van der Waals surface area contributed by atoms with Gasteiger partial charge in [-0.25, -0.2) is 14.2 Å². The van der Waals surface area contributed by atoms with E-state index in [-0.39, 0.29) is 35.0 Å². The Balaban J connectivity index is 0.00000245. The summed E-state index contributed by atoms with van der Waals surface area (Å²) in [6.07, 6.45) is 2.24. The number of likely N-dealkylation sites (tertiary alicyclic amines) is 1. The summed E-state index contributed by atoms with van der Waals surface area (Å²) in [5.41, 5.74) is -0.601. The summed E-state index contributed by atoms with van der Waals surface area (Å²) in [6, 6.07) is 7.46. The number of phenols is 1. The molecule has 1 aromatic carbocycles. The molecule has 0 radical (unpaired) electrons. The van der Waals surface area contributed by atoms with Gasteiger partial charge in [0.2, 0.25) is 5.43 Å². The van der Waals surface area contributed by atoms with Crippen LogP contribution in [-0.4, -0.2) is 63.4 Å². The first-order valence-electron chi connectivity index (χ1n) is 10.1. The molecular formula is C22H22ClFN4O4. The molecule has 2 unspecified atom stereocenters. The van der Waals surface area contributed by atoms with Crippen molar-refractivity contribution in [1.82, 2.24) is 14.5 Å². The van der Waals surface area contributed by atoms with Crippen LogP contribution in [0.2, 0.25) is 0 Å². The number of aromatic hydroxyl groups is 1. The smallest absolute Gasteiger partial charge is 0.341 e. The van der Waals surface area contributed by atoms with Gasteiger partial charge in [0, 0.05) is 31.0 Å². The number of carboxylic acid groups (broad SMARTS) is 1. The van der Waals surface area contributed by atoms with Crippen LogP contribution in [0.1, 0.15) is 16.8 Å². The molecule has 2 fully saturated rings. The number of hydrogen-bond donors (Lipinski definition) is 2. The van der Waals surface area contributed by atoms with Gasteiger partial charge in [-0.1, -0.05) is 0 Å². The fourth-order valence-electron chi connectivity index (χ4n) is 4.74. The van der Waals surface area contributed by atoms with Crippen molar-refractivity contribution >= 4 is 35.2 Å². The molecule has 2 aliphatic heterocycles. The minimum absolute atomic E-state index is 0. The minimum atomic E-state index is -1.40. The molecule has 8 nitrogen and oxygen atoms in total. The molecule has 4 heterocycles. The quantitative estimate of drug-likeness (QED) is 0.619. The highest BCUT2D eigenvalue weighted by atomic mass is 35.5. The van der Waals surface area contributed by atoms with Crippen molar-refractivity contribution in [3.63, 3.8) is 0 Å². The highest BCUT2D eigenvalue weighted by molar-refractivity contribution is 5.92. The maximum Gasteiger partial charge on any atom is 0.341 e. The molecule has 2 saturated heterocycles. The Kier molecular flexibility index (Phi) is 5.56. The van der Waals surface area contributed by atoms with E-state index in [2.05, 4.69) is 16.9 Å². The predicted molar refractivity (Wildman–Crippen MR) is 120 cm³/mol. The lowest BCUT2D eigenvalue weighted by Gasteiger charge is -2.22. The van der Waals surface area contributed by atoms with Gasteiger partial charge in [0.05, 0.1) is 5.39 Å². The molecule has 2 N–H and O–H groups in total. The summed E-state index contributed by atoms with van der Waals surface area (Å²) in [6.45, 7) is 2.35. The fraction of sp³-hybridized carbons (Fsp3) is 0.318. The number of carbonyl (C=O) groups is 1. The highest BCUT2D eigenvalue weighted by Crippen LogP contribution is 2.34. The number of benzene rings is 1. The molecule has 10 heteroatoms. The zero-order chi connectivity index (χ0) is 21.9. The number of fused-ring (bicyclic) bond motifs is 2. The normalized spacial score (nSPS) is 20.4. The zero-order valence-electron chi connectivity index (χ0n) is 17.2. The maximum absolute atomic E-state index is 15.1. The van der Waals surface area contributed by atoms with Crippen LogP contribution < -0.4 is 10.3 Å². The van der Waals surface area contributed by atoms with E-state index in [1.54, 1.807) is 12.1 Å². The van der Waals surface area contributed by atoms with Crippen LogP contribution >= 0.6 is 12.4 Å². The largest absolute Gasteiger partial charge is 0.508 e. The van der Waals surface area contributed by atoms with Crippen LogP contribution in [0, 0.1) is 11.7 Å². The van der Waals surface area contributed by atoms with Crippen molar-refractivity contribution in [3.8, 4) is 11.4 Å². The Bertz CT molecular complexity index is 1260. The molecule has 2 atom stereocenters.